The molecule has 0 bridgehead atoms. The zero-order chi connectivity index (χ0) is 14.5. The van der Waals surface area contributed by atoms with E-state index in [2.05, 4.69) is 15.6 Å². The highest BCUT2D eigenvalue weighted by Crippen LogP contribution is 2.28. The van der Waals surface area contributed by atoms with Crippen LogP contribution in [0.15, 0.2) is 5.38 Å². The molecule has 0 aliphatic heterocycles. The number of carbonyl (C=O) groups is 2. The van der Waals surface area contributed by atoms with E-state index in [1.807, 2.05) is 12.3 Å². The van der Waals surface area contributed by atoms with Gasteiger partial charge in [0.1, 0.15) is 11.0 Å². The first kappa shape index (κ1) is 15.0. The maximum Gasteiger partial charge on any atom is 0.243 e. The minimum absolute atomic E-state index is 0.0973. The van der Waals surface area contributed by atoms with Gasteiger partial charge in [0.05, 0.1) is 6.54 Å². The number of hydrogen-bond donors (Lipinski definition) is 2. The van der Waals surface area contributed by atoms with Crippen LogP contribution < -0.4 is 10.6 Å². The number of nitrogens with one attached hydrogen (secondary N) is 2. The highest BCUT2D eigenvalue weighted by molar-refractivity contribution is 7.09. The first-order valence-corrected chi connectivity index (χ1v) is 7.90. The maximum absolute atomic E-state index is 12.3. The van der Waals surface area contributed by atoms with Gasteiger partial charge in [-0.05, 0) is 25.7 Å². The predicted molar refractivity (Wildman–Crippen MR) is 78.3 cm³/mol. The number of rotatable bonds is 5. The standard InChI is InChI=1S/C14H21N3O2S/c1-9-8-20-12(16-9)7-15-14(19)13(17-10(2)18)11-5-3-4-6-11/h8,11,13H,3-7H2,1-2H3,(H,15,19)(H,17,18)/t13-/m1/s1. The van der Waals surface area contributed by atoms with Crippen LogP contribution in [0.1, 0.15) is 43.3 Å². The Bertz CT molecular complexity index is 481. The van der Waals surface area contributed by atoms with E-state index in [1.165, 1.54) is 18.3 Å². The summed E-state index contributed by atoms with van der Waals surface area (Å²) in [4.78, 5) is 27.9. The van der Waals surface area contributed by atoms with Gasteiger partial charge in [-0.3, -0.25) is 9.59 Å². The van der Waals surface area contributed by atoms with Crippen molar-refractivity contribution in [1.82, 2.24) is 15.6 Å². The average molecular weight is 295 g/mol. The number of thiazole rings is 1. The molecule has 0 spiro atoms. The van der Waals surface area contributed by atoms with Crippen molar-refractivity contribution in [1.29, 1.82) is 0 Å². The van der Waals surface area contributed by atoms with Gasteiger partial charge in [-0.25, -0.2) is 4.98 Å². The van der Waals surface area contributed by atoms with E-state index in [0.29, 0.717) is 6.54 Å². The predicted octanol–water partition coefficient (Wildman–Crippen LogP) is 1.76. The van der Waals surface area contributed by atoms with E-state index in [9.17, 15) is 9.59 Å². The summed E-state index contributed by atoms with van der Waals surface area (Å²) < 4.78 is 0. The lowest BCUT2D eigenvalue weighted by Crippen LogP contribution is -2.49. The van der Waals surface area contributed by atoms with Crippen molar-refractivity contribution in [2.45, 2.75) is 52.1 Å². The smallest absolute Gasteiger partial charge is 0.243 e. The molecule has 1 saturated carbocycles. The first-order valence-electron chi connectivity index (χ1n) is 7.02. The highest BCUT2D eigenvalue weighted by atomic mass is 32.1. The molecular formula is C14H21N3O2S. The van der Waals surface area contributed by atoms with Gasteiger partial charge in [0.15, 0.2) is 0 Å². The third-order valence-corrected chi connectivity index (χ3v) is 4.56. The second-order valence-electron chi connectivity index (χ2n) is 5.32. The fourth-order valence-electron chi connectivity index (χ4n) is 2.66. The normalized spacial score (nSPS) is 16.9. The lowest BCUT2D eigenvalue weighted by atomic mass is 9.97. The lowest BCUT2D eigenvalue weighted by molar-refractivity contribution is -0.129. The Kier molecular flexibility index (Phi) is 5.11. The van der Waals surface area contributed by atoms with Crippen molar-refractivity contribution >= 4 is 23.2 Å². The molecule has 1 aliphatic carbocycles. The number of aromatic nitrogens is 1. The number of amides is 2. The summed E-state index contributed by atoms with van der Waals surface area (Å²) in [6, 6.07) is -0.406. The molecule has 20 heavy (non-hydrogen) atoms. The number of aryl methyl sites for hydroxylation is 1. The van der Waals surface area contributed by atoms with Crippen LogP contribution in [0.25, 0.3) is 0 Å². The fraction of sp³-hybridized carbons (Fsp3) is 0.643. The summed E-state index contributed by atoms with van der Waals surface area (Å²) in [5, 5.41) is 8.54. The van der Waals surface area contributed by atoms with Gasteiger partial charge in [-0.1, -0.05) is 12.8 Å². The van der Waals surface area contributed by atoms with Gasteiger partial charge in [-0.2, -0.15) is 0 Å². The Labute approximate surface area is 123 Å². The molecule has 6 heteroatoms. The van der Waals surface area contributed by atoms with Gasteiger partial charge in [-0.15, -0.1) is 11.3 Å². The summed E-state index contributed by atoms with van der Waals surface area (Å²) in [7, 11) is 0. The molecule has 1 heterocycles. The van der Waals surface area contributed by atoms with Crippen molar-refractivity contribution in [3.05, 3.63) is 16.1 Å². The van der Waals surface area contributed by atoms with Gasteiger partial charge in [0.25, 0.3) is 0 Å². The molecular weight excluding hydrogens is 274 g/mol. The molecule has 2 rings (SSSR count). The molecule has 1 atom stereocenters. The van der Waals surface area contributed by atoms with Gasteiger partial charge < -0.3 is 10.6 Å². The van der Waals surface area contributed by atoms with Gasteiger partial charge in [0.2, 0.25) is 11.8 Å². The molecule has 1 aliphatic rings. The van der Waals surface area contributed by atoms with Crippen molar-refractivity contribution in [3.63, 3.8) is 0 Å². The second-order valence-corrected chi connectivity index (χ2v) is 6.27. The minimum Gasteiger partial charge on any atom is -0.348 e. The Morgan fingerprint density at radius 3 is 2.70 bits per heavy atom. The van der Waals surface area contributed by atoms with Crippen molar-refractivity contribution < 1.29 is 9.59 Å². The van der Waals surface area contributed by atoms with Gasteiger partial charge >= 0.3 is 0 Å². The Morgan fingerprint density at radius 1 is 1.45 bits per heavy atom. The van der Waals surface area contributed by atoms with Crippen LogP contribution in [-0.2, 0) is 16.1 Å². The largest absolute Gasteiger partial charge is 0.348 e. The molecule has 0 saturated heterocycles. The van der Waals surface area contributed by atoms with Crippen LogP contribution in [0.2, 0.25) is 0 Å². The quantitative estimate of drug-likeness (QED) is 0.869. The van der Waals surface area contributed by atoms with Crippen LogP contribution in [0.3, 0.4) is 0 Å². The topological polar surface area (TPSA) is 71.1 Å². The monoisotopic (exact) mass is 295 g/mol. The average Bonchev–Trinajstić information content (AvgIpc) is 3.04. The van der Waals surface area contributed by atoms with E-state index < -0.39 is 6.04 Å². The van der Waals surface area contributed by atoms with E-state index in [0.717, 1.165) is 36.4 Å². The van der Waals surface area contributed by atoms with Crippen LogP contribution in [0.5, 0.6) is 0 Å². The van der Waals surface area contributed by atoms with Crippen LogP contribution >= 0.6 is 11.3 Å². The third kappa shape index (κ3) is 4.03. The Balaban J connectivity index is 1.93. The fourth-order valence-corrected chi connectivity index (χ4v) is 3.38. The highest BCUT2D eigenvalue weighted by Gasteiger charge is 2.31. The molecule has 1 aromatic heterocycles. The molecule has 5 nitrogen and oxygen atoms in total. The molecule has 0 aromatic carbocycles. The Morgan fingerprint density at radius 2 is 2.15 bits per heavy atom. The van der Waals surface area contributed by atoms with Gasteiger partial charge in [0, 0.05) is 18.0 Å². The minimum atomic E-state index is -0.406. The summed E-state index contributed by atoms with van der Waals surface area (Å²) in [5.74, 6) is 0.0130. The lowest BCUT2D eigenvalue weighted by Gasteiger charge is -2.23. The van der Waals surface area contributed by atoms with E-state index in [-0.39, 0.29) is 17.7 Å². The molecule has 2 N–H and O–H groups in total. The summed E-state index contributed by atoms with van der Waals surface area (Å²) in [6.45, 7) is 3.82. The van der Waals surface area contributed by atoms with Crippen LogP contribution in [0.4, 0.5) is 0 Å². The van der Waals surface area contributed by atoms with E-state index in [4.69, 9.17) is 0 Å². The van der Waals surface area contributed by atoms with Crippen LogP contribution in [-0.4, -0.2) is 22.8 Å². The molecule has 1 aromatic rings. The van der Waals surface area contributed by atoms with Crippen molar-refractivity contribution in [2.75, 3.05) is 0 Å². The number of carbonyl (C=O) groups excluding carboxylic acids is 2. The molecule has 0 unspecified atom stereocenters. The zero-order valence-electron chi connectivity index (χ0n) is 11.9. The third-order valence-electron chi connectivity index (χ3n) is 3.59. The number of hydrogen-bond acceptors (Lipinski definition) is 4. The van der Waals surface area contributed by atoms with E-state index >= 15 is 0 Å². The zero-order valence-corrected chi connectivity index (χ0v) is 12.8. The summed E-state index contributed by atoms with van der Waals surface area (Å²) in [6.07, 6.45) is 4.29. The Hall–Kier alpha value is -1.43. The molecule has 0 radical (unpaired) electrons. The van der Waals surface area contributed by atoms with E-state index in [1.54, 1.807) is 0 Å². The second kappa shape index (κ2) is 6.83. The summed E-state index contributed by atoms with van der Waals surface area (Å²) in [5.41, 5.74) is 0.966. The summed E-state index contributed by atoms with van der Waals surface area (Å²) >= 11 is 1.54. The van der Waals surface area contributed by atoms with Crippen molar-refractivity contribution in [2.24, 2.45) is 5.92 Å². The van der Waals surface area contributed by atoms with Crippen LogP contribution in [0, 0.1) is 12.8 Å². The SMILES string of the molecule is CC(=O)N[C@@H](C(=O)NCc1nc(C)cs1)C1CCCC1. The first-order chi connectivity index (χ1) is 9.56. The molecule has 110 valence electrons. The molecule has 2 amide bonds. The molecule has 1 fully saturated rings. The number of nitrogens with zero attached hydrogens (tertiary/aromatic N) is 1. The van der Waals surface area contributed by atoms with Crippen molar-refractivity contribution in [3.8, 4) is 0 Å². The maximum atomic E-state index is 12.3.